The molecule has 0 aliphatic heterocycles. The Morgan fingerprint density at radius 2 is 1.97 bits per heavy atom. The summed E-state index contributed by atoms with van der Waals surface area (Å²) >= 11 is 0. The van der Waals surface area contributed by atoms with E-state index in [1.807, 2.05) is 18.2 Å². The zero-order valence-corrected chi connectivity index (χ0v) is 18.1. The molecule has 2 N–H and O–H groups in total. The molecule has 4 aromatic rings. The smallest absolute Gasteiger partial charge is 0.270 e. The molecule has 10 heteroatoms. The summed E-state index contributed by atoms with van der Waals surface area (Å²) in [5.41, 5.74) is 5.25. The molecule has 172 valence electrons. The molecule has 0 unspecified atom stereocenters. The van der Waals surface area contributed by atoms with Crippen molar-refractivity contribution in [2.45, 2.75) is 25.7 Å². The minimum absolute atomic E-state index is 0.195. The van der Waals surface area contributed by atoms with Crippen molar-refractivity contribution in [1.29, 1.82) is 0 Å². The monoisotopic (exact) mass is 461 g/mol. The first-order valence-corrected chi connectivity index (χ1v) is 10.9. The van der Waals surface area contributed by atoms with Crippen molar-refractivity contribution in [2.24, 2.45) is 0 Å². The highest BCUT2D eigenvalue weighted by Gasteiger charge is 2.19. The fourth-order valence-electron chi connectivity index (χ4n) is 3.92. The molecule has 1 aliphatic carbocycles. The van der Waals surface area contributed by atoms with Crippen LogP contribution in [0.15, 0.2) is 61.3 Å². The average molecular weight is 461 g/mol. The van der Waals surface area contributed by atoms with Crippen LogP contribution in [0.25, 0.3) is 11.2 Å². The summed E-state index contributed by atoms with van der Waals surface area (Å²) in [7, 11) is 0. The van der Waals surface area contributed by atoms with Gasteiger partial charge in [0, 0.05) is 36.0 Å². The Balaban J connectivity index is 1.48. The van der Waals surface area contributed by atoms with E-state index in [0.29, 0.717) is 11.6 Å². The fourth-order valence-corrected chi connectivity index (χ4v) is 3.92. The lowest BCUT2D eigenvalue weighted by Gasteiger charge is -2.13. The number of pyridine rings is 2. The van der Waals surface area contributed by atoms with Gasteiger partial charge in [0.25, 0.3) is 12.3 Å². The molecule has 0 radical (unpaired) electrons. The second kappa shape index (κ2) is 9.34. The van der Waals surface area contributed by atoms with Crippen LogP contribution in [0.3, 0.4) is 0 Å². The third-order valence-electron chi connectivity index (χ3n) is 5.53. The van der Waals surface area contributed by atoms with Gasteiger partial charge in [-0.15, -0.1) is 0 Å². The fraction of sp³-hybridized carbons (Fsp3) is 0.208. The molecule has 34 heavy (non-hydrogen) atoms. The van der Waals surface area contributed by atoms with E-state index in [-0.39, 0.29) is 5.69 Å². The number of hydrogen-bond acceptors (Lipinski definition) is 6. The summed E-state index contributed by atoms with van der Waals surface area (Å²) in [6.45, 7) is -0.711. The number of aryl methyl sites for hydroxylation is 1. The van der Waals surface area contributed by atoms with Crippen LogP contribution in [0, 0.1) is 0 Å². The lowest BCUT2D eigenvalue weighted by atomic mass is 9.99. The number of fused-ring (bicyclic) bond motifs is 2. The molecule has 4 aromatic heterocycles. The number of amides is 1. The van der Waals surface area contributed by atoms with Gasteiger partial charge in [0.15, 0.2) is 0 Å². The number of halogens is 2. The third-order valence-corrected chi connectivity index (χ3v) is 5.53. The summed E-state index contributed by atoms with van der Waals surface area (Å²) in [5.74, 6) is -0.0930. The van der Waals surface area contributed by atoms with Crippen molar-refractivity contribution >= 4 is 28.8 Å². The minimum Gasteiger partial charge on any atom is -0.345 e. The Bertz CT molecular complexity index is 1370. The van der Waals surface area contributed by atoms with Gasteiger partial charge >= 0.3 is 0 Å². The summed E-state index contributed by atoms with van der Waals surface area (Å²) < 4.78 is 26.7. The largest absolute Gasteiger partial charge is 0.345 e. The molecule has 8 nitrogen and oxygen atoms in total. The van der Waals surface area contributed by atoms with Gasteiger partial charge in [0.05, 0.1) is 18.4 Å². The molecule has 0 saturated carbocycles. The number of allylic oxidation sites excluding steroid dienone is 1. The Morgan fingerprint density at radius 3 is 2.79 bits per heavy atom. The van der Waals surface area contributed by atoms with Crippen molar-refractivity contribution in [3.8, 4) is 0 Å². The predicted molar refractivity (Wildman–Crippen MR) is 123 cm³/mol. The van der Waals surface area contributed by atoms with Crippen molar-refractivity contribution < 1.29 is 13.6 Å². The van der Waals surface area contributed by atoms with E-state index < -0.39 is 18.9 Å². The highest BCUT2D eigenvalue weighted by Crippen LogP contribution is 2.31. The van der Waals surface area contributed by atoms with Crippen LogP contribution < -0.4 is 10.6 Å². The maximum atomic E-state index is 12.5. The number of nitrogens with one attached hydrogen (secondary N) is 2. The molecular weight excluding hydrogens is 440 g/mol. The van der Waals surface area contributed by atoms with Gasteiger partial charge in [-0.05, 0) is 54.7 Å². The van der Waals surface area contributed by atoms with Gasteiger partial charge in [0.1, 0.15) is 11.3 Å². The summed E-state index contributed by atoms with van der Waals surface area (Å²) in [5, 5.41) is 5.43. The van der Waals surface area contributed by atoms with Gasteiger partial charge in [-0.2, -0.15) is 0 Å². The van der Waals surface area contributed by atoms with E-state index in [4.69, 9.17) is 4.98 Å². The zero-order chi connectivity index (χ0) is 23.5. The number of nitrogens with zero attached hydrogens (tertiary/aromatic N) is 5. The highest BCUT2D eigenvalue weighted by atomic mass is 19.3. The number of hydrogen-bond donors (Lipinski definition) is 2. The normalized spacial score (nSPS) is 13.3. The Morgan fingerprint density at radius 1 is 1.12 bits per heavy atom. The second-order valence-electron chi connectivity index (χ2n) is 7.82. The van der Waals surface area contributed by atoms with Gasteiger partial charge < -0.3 is 10.6 Å². The Labute approximate surface area is 193 Å². The van der Waals surface area contributed by atoms with Crippen LogP contribution in [-0.2, 0) is 6.42 Å². The van der Waals surface area contributed by atoms with E-state index in [0.717, 1.165) is 47.3 Å². The van der Waals surface area contributed by atoms with Gasteiger partial charge in [-0.25, -0.2) is 23.7 Å². The first kappa shape index (κ1) is 21.6. The molecule has 0 saturated heterocycles. The quantitative estimate of drug-likeness (QED) is 0.450. The maximum Gasteiger partial charge on any atom is 0.270 e. The third kappa shape index (κ3) is 4.47. The van der Waals surface area contributed by atoms with E-state index in [2.05, 4.69) is 31.7 Å². The number of anilines is 2. The average Bonchev–Trinajstić information content (AvgIpc) is 3.15. The van der Waals surface area contributed by atoms with Crippen molar-refractivity contribution in [2.75, 3.05) is 11.9 Å². The minimum atomic E-state index is -2.62. The van der Waals surface area contributed by atoms with E-state index >= 15 is 0 Å². The Hall–Kier alpha value is -4.21. The van der Waals surface area contributed by atoms with Gasteiger partial charge in [-0.3, -0.25) is 14.2 Å². The molecule has 0 atom stereocenters. The number of carbonyl (C=O) groups is 1. The number of rotatable bonds is 6. The predicted octanol–water partition coefficient (Wildman–Crippen LogP) is 4.03. The van der Waals surface area contributed by atoms with Gasteiger partial charge in [0.2, 0.25) is 5.95 Å². The molecule has 0 bridgehead atoms. The lowest BCUT2D eigenvalue weighted by molar-refractivity contribution is 0.0886. The molecule has 5 rings (SSSR count). The first-order valence-electron chi connectivity index (χ1n) is 10.9. The standard InChI is InChI=1S/C24H21F2N7O/c25-21(26)13-29-23(34)20-12-28-22-6-5-15(14-33(20)22)17-3-1-2-4-19-18(17)11-30-24(32-19)31-16-7-9-27-10-8-16/h3,5-12,14,21H,1-2,4,13H2,(H,29,34)(H,27,30,31,32). The van der Waals surface area contributed by atoms with Crippen molar-refractivity contribution in [3.63, 3.8) is 0 Å². The highest BCUT2D eigenvalue weighted by molar-refractivity contribution is 5.93. The van der Waals surface area contributed by atoms with Crippen molar-refractivity contribution in [3.05, 3.63) is 83.8 Å². The number of imidazole rings is 1. The van der Waals surface area contributed by atoms with Crippen molar-refractivity contribution in [1.82, 2.24) is 29.7 Å². The van der Waals surface area contributed by atoms with E-state index in [9.17, 15) is 13.6 Å². The van der Waals surface area contributed by atoms with Crippen LogP contribution in [0.2, 0.25) is 0 Å². The van der Waals surface area contributed by atoms with Crippen LogP contribution in [0.1, 0.15) is 40.2 Å². The number of carbonyl (C=O) groups excluding carboxylic acids is 1. The second-order valence-corrected chi connectivity index (χ2v) is 7.82. The van der Waals surface area contributed by atoms with Crippen LogP contribution >= 0.6 is 0 Å². The van der Waals surface area contributed by atoms with E-state index in [1.165, 1.54) is 6.20 Å². The van der Waals surface area contributed by atoms with Crippen LogP contribution in [0.5, 0.6) is 0 Å². The number of aromatic nitrogens is 5. The SMILES string of the molecule is O=C(NCC(F)F)c1cnc2ccc(C3=CCCCc4nc(Nc5ccncc5)ncc43)cn12. The Kier molecular flexibility index (Phi) is 5.94. The molecule has 4 heterocycles. The topological polar surface area (TPSA) is 97.1 Å². The first-order chi connectivity index (χ1) is 16.6. The molecule has 1 aliphatic rings. The summed E-state index contributed by atoms with van der Waals surface area (Å²) in [6, 6.07) is 7.41. The van der Waals surface area contributed by atoms with Crippen LogP contribution in [0.4, 0.5) is 20.4 Å². The zero-order valence-electron chi connectivity index (χ0n) is 18.1. The molecule has 0 fully saturated rings. The summed E-state index contributed by atoms with van der Waals surface area (Å²) in [4.78, 5) is 29.9. The molecule has 0 aromatic carbocycles. The van der Waals surface area contributed by atoms with E-state index in [1.54, 1.807) is 35.3 Å². The lowest BCUT2D eigenvalue weighted by Crippen LogP contribution is -2.29. The molecule has 1 amide bonds. The van der Waals surface area contributed by atoms with Gasteiger partial charge in [-0.1, -0.05) is 6.08 Å². The maximum absolute atomic E-state index is 12.5. The molecular formula is C24H21F2N7O. The number of alkyl halides is 2. The summed E-state index contributed by atoms with van der Waals surface area (Å²) in [6.07, 6.45) is 10.5. The van der Waals surface area contributed by atoms with Crippen LogP contribution in [-0.4, -0.2) is 43.2 Å². The molecule has 0 spiro atoms.